The molecule has 4 rings (SSSR count). The van der Waals surface area contributed by atoms with Crippen LogP contribution >= 0.6 is 0 Å². The molecule has 2 amide bonds. The van der Waals surface area contributed by atoms with E-state index in [2.05, 4.69) is 15.3 Å². The van der Waals surface area contributed by atoms with Crippen LogP contribution < -0.4 is 10.2 Å². The lowest BCUT2D eigenvalue weighted by Gasteiger charge is -2.33. The van der Waals surface area contributed by atoms with E-state index in [-0.39, 0.29) is 23.0 Å². The molecule has 1 aliphatic carbocycles. The summed E-state index contributed by atoms with van der Waals surface area (Å²) in [5, 5.41) is 3.08. The van der Waals surface area contributed by atoms with E-state index in [0.29, 0.717) is 5.56 Å². The number of nitrogens with one attached hydrogen (secondary N) is 1. The van der Waals surface area contributed by atoms with Crippen LogP contribution in [-0.4, -0.2) is 40.9 Å². The molecule has 1 aromatic heterocycles. The summed E-state index contributed by atoms with van der Waals surface area (Å²) in [5.41, 5.74) is 0.906. The van der Waals surface area contributed by atoms with Gasteiger partial charge in [-0.2, -0.15) is 0 Å². The van der Waals surface area contributed by atoms with Gasteiger partial charge in [0.1, 0.15) is 17.6 Å². The molecule has 3 aromatic rings. The normalized spacial score (nSPS) is 14.5. The van der Waals surface area contributed by atoms with E-state index in [0.717, 1.165) is 32.1 Å². The number of rotatable bonds is 7. The Morgan fingerprint density at radius 2 is 1.81 bits per heavy atom. The van der Waals surface area contributed by atoms with Crippen LogP contribution in [0.4, 0.5) is 10.1 Å². The maximum Gasteiger partial charge on any atom is 0.337 e. The molecular weight excluding hydrogens is 463 g/mol. The second-order valence-electron chi connectivity index (χ2n) is 8.61. The first-order valence-electron chi connectivity index (χ1n) is 11.8. The van der Waals surface area contributed by atoms with Gasteiger partial charge >= 0.3 is 5.97 Å². The number of halogens is 1. The summed E-state index contributed by atoms with van der Waals surface area (Å²) >= 11 is 0. The average molecular weight is 491 g/mol. The number of anilines is 1. The van der Waals surface area contributed by atoms with Crippen molar-refractivity contribution in [3.63, 3.8) is 0 Å². The maximum atomic E-state index is 13.8. The first-order valence-corrected chi connectivity index (χ1v) is 11.8. The molecule has 0 radical (unpaired) electrons. The number of hydrogen-bond donors (Lipinski definition) is 1. The van der Waals surface area contributed by atoms with Gasteiger partial charge in [0, 0.05) is 24.1 Å². The lowest BCUT2D eigenvalue weighted by Crippen LogP contribution is -2.47. The number of ether oxygens (including phenoxy) is 1. The van der Waals surface area contributed by atoms with Crippen LogP contribution in [-0.2, 0) is 9.53 Å². The molecule has 0 aliphatic heterocycles. The first-order chi connectivity index (χ1) is 17.5. The van der Waals surface area contributed by atoms with E-state index in [9.17, 15) is 18.8 Å². The van der Waals surface area contributed by atoms with Crippen molar-refractivity contribution in [1.29, 1.82) is 0 Å². The minimum atomic E-state index is -1.16. The lowest BCUT2D eigenvalue weighted by atomic mass is 9.94. The van der Waals surface area contributed by atoms with Crippen molar-refractivity contribution in [2.24, 2.45) is 0 Å². The highest BCUT2D eigenvalue weighted by Crippen LogP contribution is 2.31. The van der Waals surface area contributed by atoms with Gasteiger partial charge < -0.3 is 10.1 Å². The van der Waals surface area contributed by atoms with Gasteiger partial charge in [-0.25, -0.2) is 14.2 Å². The minimum absolute atomic E-state index is 0.0125. The number of hydrogen-bond acceptors (Lipinski definition) is 6. The zero-order valence-corrected chi connectivity index (χ0v) is 19.9. The van der Waals surface area contributed by atoms with E-state index < -0.39 is 29.6 Å². The molecule has 9 heteroatoms. The standard InChI is InChI=1S/C27H27FN4O4/c1-36-27(35)19-6-5-9-22(16-19)32(26(34)23-17-29-14-15-30-23)24(18-10-12-20(28)13-11-18)25(33)31-21-7-3-2-4-8-21/h5-6,9-17,21,24H,2-4,7-8H2,1H3,(H,31,33)/t24-/m0/s1. The van der Waals surface area contributed by atoms with Gasteiger partial charge in [-0.3, -0.25) is 19.5 Å². The number of benzene rings is 2. The molecule has 1 heterocycles. The highest BCUT2D eigenvalue weighted by atomic mass is 19.1. The van der Waals surface area contributed by atoms with E-state index in [4.69, 9.17) is 4.74 Å². The highest BCUT2D eigenvalue weighted by molar-refractivity contribution is 6.09. The Hall–Kier alpha value is -4.14. The topological polar surface area (TPSA) is 101 Å². The number of nitrogens with zero attached hydrogens (tertiary/aromatic N) is 3. The van der Waals surface area contributed by atoms with Crippen molar-refractivity contribution in [3.8, 4) is 0 Å². The number of aromatic nitrogens is 2. The van der Waals surface area contributed by atoms with Crippen LogP contribution in [0.1, 0.15) is 64.6 Å². The fourth-order valence-electron chi connectivity index (χ4n) is 4.41. The largest absolute Gasteiger partial charge is 0.465 e. The molecule has 1 atom stereocenters. The molecule has 0 spiro atoms. The van der Waals surface area contributed by atoms with Crippen LogP contribution in [0, 0.1) is 5.82 Å². The molecule has 8 nitrogen and oxygen atoms in total. The fourth-order valence-corrected chi connectivity index (χ4v) is 4.41. The zero-order valence-electron chi connectivity index (χ0n) is 19.9. The number of carbonyl (C=O) groups is 3. The van der Waals surface area contributed by atoms with Gasteiger partial charge in [-0.05, 0) is 48.7 Å². The first kappa shape index (κ1) is 25.0. The molecule has 1 fully saturated rings. The molecule has 2 aromatic carbocycles. The number of amides is 2. The summed E-state index contributed by atoms with van der Waals surface area (Å²) in [6.07, 6.45) is 8.95. The van der Waals surface area contributed by atoms with Crippen LogP contribution in [0.25, 0.3) is 0 Å². The second kappa shape index (κ2) is 11.5. The fraction of sp³-hybridized carbons (Fsp3) is 0.296. The van der Waals surface area contributed by atoms with Gasteiger partial charge in [0.15, 0.2) is 0 Å². The minimum Gasteiger partial charge on any atom is -0.465 e. The van der Waals surface area contributed by atoms with Crippen LogP contribution in [0.5, 0.6) is 0 Å². The van der Waals surface area contributed by atoms with Crippen molar-refractivity contribution >= 4 is 23.5 Å². The molecule has 1 saturated carbocycles. The van der Waals surface area contributed by atoms with Gasteiger partial charge in [0.25, 0.3) is 5.91 Å². The molecule has 1 N–H and O–H groups in total. The van der Waals surface area contributed by atoms with E-state index in [1.807, 2.05) is 0 Å². The van der Waals surface area contributed by atoms with Crippen molar-refractivity contribution in [1.82, 2.24) is 15.3 Å². The Morgan fingerprint density at radius 1 is 1.06 bits per heavy atom. The Labute approximate surface area is 208 Å². The van der Waals surface area contributed by atoms with E-state index >= 15 is 0 Å². The van der Waals surface area contributed by atoms with Crippen molar-refractivity contribution in [2.75, 3.05) is 12.0 Å². The number of methoxy groups -OCH3 is 1. The second-order valence-corrected chi connectivity index (χ2v) is 8.61. The Kier molecular flexibility index (Phi) is 7.99. The monoisotopic (exact) mass is 490 g/mol. The summed E-state index contributed by atoms with van der Waals surface area (Å²) < 4.78 is 18.6. The van der Waals surface area contributed by atoms with Crippen LogP contribution in [0.3, 0.4) is 0 Å². The van der Waals surface area contributed by atoms with Crippen molar-refractivity contribution in [3.05, 3.63) is 89.8 Å². The average Bonchev–Trinajstić information content (AvgIpc) is 2.92. The summed E-state index contributed by atoms with van der Waals surface area (Å²) in [6.45, 7) is 0. The highest BCUT2D eigenvalue weighted by Gasteiger charge is 2.35. The van der Waals surface area contributed by atoms with Gasteiger partial charge in [0.05, 0.1) is 18.9 Å². The lowest BCUT2D eigenvalue weighted by molar-refractivity contribution is -0.123. The van der Waals surface area contributed by atoms with Gasteiger partial charge in [-0.15, -0.1) is 0 Å². The van der Waals surface area contributed by atoms with Crippen LogP contribution in [0.2, 0.25) is 0 Å². The predicted molar refractivity (Wildman–Crippen MR) is 131 cm³/mol. The molecule has 0 bridgehead atoms. The third kappa shape index (κ3) is 5.73. The quantitative estimate of drug-likeness (QED) is 0.497. The van der Waals surface area contributed by atoms with Crippen LogP contribution in [0.15, 0.2) is 67.1 Å². The molecule has 1 aliphatic rings. The van der Waals surface area contributed by atoms with Gasteiger partial charge in [0.2, 0.25) is 5.91 Å². The summed E-state index contributed by atoms with van der Waals surface area (Å²) in [6, 6.07) is 10.5. The Morgan fingerprint density at radius 3 is 2.47 bits per heavy atom. The third-order valence-corrected chi connectivity index (χ3v) is 6.19. The van der Waals surface area contributed by atoms with E-state index in [1.54, 1.807) is 18.2 Å². The SMILES string of the molecule is COC(=O)c1cccc(N(C(=O)c2cnccn2)[C@H](C(=O)NC2CCCCC2)c2ccc(F)cc2)c1. The predicted octanol–water partition coefficient (Wildman–Crippen LogP) is 4.24. The number of carbonyl (C=O) groups excluding carboxylic acids is 3. The van der Waals surface area contributed by atoms with Crippen molar-refractivity contribution < 1.29 is 23.5 Å². The van der Waals surface area contributed by atoms with Gasteiger partial charge in [-0.1, -0.05) is 37.5 Å². The molecular formula is C27H27FN4O4. The third-order valence-electron chi connectivity index (χ3n) is 6.19. The zero-order chi connectivity index (χ0) is 25.5. The smallest absolute Gasteiger partial charge is 0.337 e. The Balaban J connectivity index is 1.83. The summed E-state index contributed by atoms with van der Waals surface area (Å²) in [5.74, 6) is -2.06. The Bertz CT molecular complexity index is 1210. The van der Waals surface area contributed by atoms with Crippen molar-refractivity contribution in [2.45, 2.75) is 44.2 Å². The molecule has 0 saturated heterocycles. The summed E-state index contributed by atoms with van der Waals surface area (Å²) in [4.78, 5) is 49.2. The molecule has 186 valence electrons. The summed E-state index contributed by atoms with van der Waals surface area (Å²) in [7, 11) is 1.26. The number of esters is 1. The van der Waals surface area contributed by atoms with E-state index in [1.165, 1.54) is 60.9 Å². The molecule has 0 unspecified atom stereocenters. The molecule has 36 heavy (non-hydrogen) atoms. The maximum absolute atomic E-state index is 13.8.